The first-order valence-electron chi connectivity index (χ1n) is 6.12. The summed E-state index contributed by atoms with van der Waals surface area (Å²) in [5.74, 6) is 0. The summed E-state index contributed by atoms with van der Waals surface area (Å²) in [6.45, 7) is 0.182. The van der Waals surface area contributed by atoms with E-state index in [4.69, 9.17) is 24.8 Å². The summed E-state index contributed by atoms with van der Waals surface area (Å²) in [4.78, 5) is 2.56. The fraction of sp³-hybridized carbons (Fsp3) is 1.00. The summed E-state index contributed by atoms with van der Waals surface area (Å²) in [6.07, 6.45) is -6.45. The number of hydrogen-bond donors (Lipinski definition) is 4. The topological polar surface area (TPSA) is 157 Å². The van der Waals surface area contributed by atoms with E-state index in [-0.39, 0.29) is 26.4 Å². The number of ether oxygens (including phenoxy) is 3. The largest absolute Gasteiger partial charge is 0.394 e. The highest BCUT2D eigenvalue weighted by atomic mass is 16.7. The Balaban J connectivity index is 2.26. The van der Waals surface area contributed by atoms with Crippen LogP contribution >= 0.6 is 0 Å². The first-order chi connectivity index (χ1) is 9.61. The predicted molar refractivity (Wildman–Crippen MR) is 64.6 cm³/mol. The van der Waals surface area contributed by atoms with Crippen LogP contribution in [0.4, 0.5) is 0 Å². The van der Waals surface area contributed by atoms with Crippen LogP contribution in [0.2, 0.25) is 0 Å². The molecule has 0 unspecified atom stereocenters. The average Bonchev–Trinajstić information content (AvgIpc) is 2.46. The molecule has 1 heterocycles. The summed E-state index contributed by atoms with van der Waals surface area (Å²) in [7, 11) is 0. The van der Waals surface area contributed by atoms with Gasteiger partial charge in [0.25, 0.3) is 0 Å². The Morgan fingerprint density at radius 3 is 2.50 bits per heavy atom. The molecule has 4 N–H and O–H groups in total. The molecule has 0 aromatic rings. The first kappa shape index (κ1) is 17.1. The molecular formula is C10H19N3O7. The van der Waals surface area contributed by atoms with E-state index >= 15 is 0 Å². The van der Waals surface area contributed by atoms with Gasteiger partial charge in [-0.1, -0.05) is 5.11 Å². The SMILES string of the molecule is [N-]=[N+]=NCCOCCO[C@H]1O[C@H](CO)[C@@H](O)[C@H](O)[C@@H]1O. The van der Waals surface area contributed by atoms with Gasteiger partial charge in [0, 0.05) is 11.5 Å². The Bertz CT molecular complexity index is 324. The van der Waals surface area contributed by atoms with Crippen LogP contribution in [-0.2, 0) is 14.2 Å². The van der Waals surface area contributed by atoms with E-state index in [9.17, 15) is 15.3 Å². The lowest BCUT2D eigenvalue weighted by Gasteiger charge is -2.39. The average molecular weight is 293 g/mol. The molecule has 1 saturated heterocycles. The third-order valence-corrected chi connectivity index (χ3v) is 2.76. The first-order valence-corrected chi connectivity index (χ1v) is 6.12. The predicted octanol–water partition coefficient (Wildman–Crippen LogP) is -1.87. The minimum Gasteiger partial charge on any atom is -0.394 e. The molecule has 0 saturated carbocycles. The number of aliphatic hydroxyl groups excluding tert-OH is 4. The van der Waals surface area contributed by atoms with E-state index in [0.29, 0.717) is 0 Å². The summed E-state index contributed by atoms with van der Waals surface area (Å²) < 4.78 is 15.4. The number of aliphatic hydroxyl groups is 4. The van der Waals surface area contributed by atoms with Crippen molar-refractivity contribution in [3.8, 4) is 0 Å². The van der Waals surface area contributed by atoms with Gasteiger partial charge in [0.2, 0.25) is 0 Å². The van der Waals surface area contributed by atoms with Crippen molar-refractivity contribution in [2.45, 2.75) is 30.7 Å². The van der Waals surface area contributed by atoms with E-state index in [0.717, 1.165) is 0 Å². The molecule has 1 aliphatic rings. The molecule has 0 aliphatic carbocycles. The van der Waals surface area contributed by atoms with E-state index in [1.807, 2.05) is 0 Å². The van der Waals surface area contributed by atoms with Crippen molar-refractivity contribution in [3.05, 3.63) is 10.4 Å². The Kier molecular flexibility index (Phi) is 7.73. The highest BCUT2D eigenvalue weighted by Gasteiger charge is 2.43. The standard InChI is InChI=1S/C10H19N3O7/c11-13-12-1-2-18-3-4-19-10-9(17)8(16)7(15)6(5-14)20-10/h6-10,14-17H,1-5H2/t6-,7-,8+,9+,10+/m1/s1. The van der Waals surface area contributed by atoms with Crippen molar-refractivity contribution in [1.29, 1.82) is 0 Å². The Morgan fingerprint density at radius 2 is 1.85 bits per heavy atom. The minimum absolute atomic E-state index is 0.0684. The minimum atomic E-state index is -1.46. The lowest BCUT2D eigenvalue weighted by atomic mass is 9.99. The highest BCUT2D eigenvalue weighted by molar-refractivity contribution is 4.88. The molecule has 10 heteroatoms. The van der Waals surface area contributed by atoms with Crippen molar-refractivity contribution in [2.24, 2.45) is 5.11 Å². The van der Waals surface area contributed by atoms with Gasteiger partial charge in [-0.05, 0) is 5.53 Å². The third kappa shape index (κ3) is 4.85. The molecule has 116 valence electrons. The van der Waals surface area contributed by atoms with E-state index in [1.165, 1.54) is 0 Å². The van der Waals surface area contributed by atoms with Crippen molar-refractivity contribution in [3.63, 3.8) is 0 Å². The maximum Gasteiger partial charge on any atom is 0.186 e. The van der Waals surface area contributed by atoms with E-state index in [1.54, 1.807) is 0 Å². The zero-order valence-electron chi connectivity index (χ0n) is 10.8. The number of hydrogen-bond acceptors (Lipinski definition) is 8. The van der Waals surface area contributed by atoms with Gasteiger partial charge in [-0.15, -0.1) is 0 Å². The van der Waals surface area contributed by atoms with Gasteiger partial charge in [0.1, 0.15) is 24.4 Å². The van der Waals surface area contributed by atoms with E-state index in [2.05, 4.69) is 10.0 Å². The van der Waals surface area contributed by atoms with Crippen molar-refractivity contribution >= 4 is 0 Å². The molecule has 20 heavy (non-hydrogen) atoms. The van der Waals surface area contributed by atoms with Crippen LogP contribution in [-0.4, -0.2) is 84.1 Å². The monoisotopic (exact) mass is 293 g/mol. The third-order valence-electron chi connectivity index (χ3n) is 2.76. The molecule has 10 nitrogen and oxygen atoms in total. The molecule has 0 radical (unpaired) electrons. The second-order valence-electron chi connectivity index (χ2n) is 4.13. The zero-order chi connectivity index (χ0) is 15.0. The summed E-state index contributed by atoms with van der Waals surface area (Å²) in [5, 5.41) is 41.0. The van der Waals surface area contributed by atoms with Gasteiger partial charge in [0.05, 0.1) is 26.4 Å². The van der Waals surface area contributed by atoms with Crippen LogP contribution in [0.3, 0.4) is 0 Å². The molecule has 1 rings (SSSR count). The number of azide groups is 1. The van der Waals surface area contributed by atoms with Crippen LogP contribution in [0.15, 0.2) is 5.11 Å². The van der Waals surface area contributed by atoms with Gasteiger partial charge in [-0.2, -0.15) is 0 Å². The fourth-order valence-corrected chi connectivity index (χ4v) is 1.68. The molecular weight excluding hydrogens is 274 g/mol. The van der Waals surface area contributed by atoms with Gasteiger partial charge in [-0.3, -0.25) is 0 Å². The molecule has 0 bridgehead atoms. The maximum absolute atomic E-state index is 9.66. The lowest BCUT2D eigenvalue weighted by molar-refractivity contribution is -0.302. The normalized spacial score (nSPS) is 33.7. The van der Waals surface area contributed by atoms with Crippen LogP contribution in [0, 0.1) is 0 Å². The fourth-order valence-electron chi connectivity index (χ4n) is 1.68. The maximum atomic E-state index is 9.66. The molecule has 0 spiro atoms. The van der Waals surface area contributed by atoms with E-state index < -0.39 is 37.3 Å². The number of rotatable bonds is 8. The highest BCUT2D eigenvalue weighted by Crippen LogP contribution is 2.21. The second-order valence-corrected chi connectivity index (χ2v) is 4.13. The lowest BCUT2D eigenvalue weighted by Crippen LogP contribution is -2.59. The van der Waals surface area contributed by atoms with Crippen LogP contribution in [0.1, 0.15) is 0 Å². The Labute approximate surface area is 115 Å². The van der Waals surface area contributed by atoms with Crippen molar-refractivity contribution in [1.82, 2.24) is 0 Å². The van der Waals surface area contributed by atoms with Crippen LogP contribution in [0.25, 0.3) is 10.4 Å². The van der Waals surface area contributed by atoms with Gasteiger partial charge < -0.3 is 34.6 Å². The summed E-state index contributed by atoms with van der Waals surface area (Å²) >= 11 is 0. The van der Waals surface area contributed by atoms with Crippen molar-refractivity contribution < 1.29 is 34.6 Å². The molecule has 0 amide bonds. The van der Waals surface area contributed by atoms with Crippen molar-refractivity contribution in [2.75, 3.05) is 33.0 Å². The quantitative estimate of drug-likeness (QED) is 0.177. The van der Waals surface area contributed by atoms with Gasteiger partial charge in [0.15, 0.2) is 6.29 Å². The smallest absolute Gasteiger partial charge is 0.186 e. The second kappa shape index (κ2) is 9.06. The molecule has 1 fully saturated rings. The van der Waals surface area contributed by atoms with Crippen LogP contribution < -0.4 is 0 Å². The molecule has 1 aliphatic heterocycles. The van der Waals surface area contributed by atoms with Gasteiger partial charge >= 0.3 is 0 Å². The van der Waals surface area contributed by atoms with Gasteiger partial charge in [-0.25, -0.2) is 0 Å². The number of nitrogens with zero attached hydrogens (tertiary/aromatic N) is 3. The molecule has 0 aromatic heterocycles. The van der Waals surface area contributed by atoms with Crippen LogP contribution in [0.5, 0.6) is 0 Å². The Morgan fingerprint density at radius 1 is 1.10 bits per heavy atom. The summed E-state index contributed by atoms with van der Waals surface area (Å²) in [6, 6.07) is 0. The molecule has 5 atom stereocenters. The summed E-state index contributed by atoms with van der Waals surface area (Å²) in [5.41, 5.74) is 8.03. The Hall–Kier alpha value is -0.970. The molecule has 0 aromatic carbocycles. The zero-order valence-corrected chi connectivity index (χ0v) is 10.8.